The fourth-order valence-corrected chi connectivity index (χ4v) is 1.38. The monoisotopic (exact) mass is 224 g/mol. The lowest BCUT2D eigenvalue weighted by Gasteiger charge is -2.10. The van der Waals surface area contributed by atoms with Crippen LogP contribution in [0.4, 0.5) is 14.7 Å². The van der Waals surface area contributed by atoms with Crippen LogP contribution in [0, 0.1) is 0 Å². The summed E-state index contributed by atoms with van der Waals surface area (Å²) in [6.45, 7) is 0.850. The van der Waals surface area contributed by atoms with E-state index in [1.165, 1.54) is 18.2 Å². The number of aromatic nitrogens is 1. The SMILES string of the molecule is CC(F)(F)c1cccc(-c2cc(N)on2)c1. The molecule has 0 amide bonds. The number of alkyl halides is 2. The predicted molar refractivity (Wildman–Crippen MR) is 55.9 cm³/mol. The van der Waals surface area contributed by atoms with E-state index in [-0.39, 0.29) is 11.4 Å². The Morgan fingerprint density at radius 3 is 2.62 bits per heavy atom. The van der Waals surface area contributed by atoms with Crippen molar-refractivity contribution < 1.29 is 13.3 Å². The van der Waals surface area contributed by atoms with Crippen LogP contribution in [-0.4, -0.2) is 5.16 Å². The molecule has 0 saturated carbocycles. The maximum absolute atomic E-state index is 13.1. The van der Waals surface area contributed by atoms with Gasteiger partial charge in [-0.15, -0.1) is 0 Å². The van der Waals surface area contributed by atoms with E-state index in [4.69, 9.17) is 5.73 Å². The first kappa shape index (κ1) is 10.6. The number of hydrogen-bond acceptors (Lipinski definition) is 3. The highest BCUT2D eigenvalue weighted by Crippen LogP contribution is 2.30. The van der Waals surface area contributed by atoms with Crippen LogP contribution in [0.5, 0.6) is 0 Å². The Kier molecular flexibility index (Phi) is 2.38. The highest BCUT2D eigenvalue weighted by Gasteiger charge is 2.24. The van der Waals surface area contributed by atoms with E-state index in [1.54, 1.807) is 12.1 Å². The lowest BCUT2D eigenvalue weighted by atomic mass is 10.0. The van der Waals surface area contributed by atoms with Crippen molar-refractivity contribution in [2.24, 2.45) is 0 Å². The van der Waals surface area contributed by atoms with Crippen molar-refractivity contribution in [3.8, 4) is 11.3 Å². The van der Waals surface area contributed by atoms with Crippen LogP contribution in [0.15, 0.2) is 34.9 Å². The molecule has 2 aromatic rings. The third-order valence-electron chi connectivity index (χ3n) is 2.19. The number of benzene rings is 1. The molecule has 2 N–H and O–H groups in total. The molecule has 0 radical (unpaired) electrons. The summed E-state index contributed by atoms with van der Waals surface area (Å²) in [5.74, 6) is -2.71. The summed E-state index contributed by atoms with van der Waals surface area (Å²) < 4.78 is 30.9. The minimum absolute atomic E-state index is 0.0634. The normalized spacial score (nSPS) is 11.7. The van der Waals surface area contributed by atoms with E-state index in [1.807, 2.05) is 0 Å². The van der Waals surface area contributed by atoms with Gasteiger partial charge in [0.05, 0.1) is 0 Å². The number of nitrogen functional groups attached to an aromatic ring is 1. The molecule has 1 heterocycles. The Bertz CT molecular complexity index is 503. The summed E-state index contributed by atoms with van der Waals surface area (Å²) >= 11 is 0. The summed E-state index contributed by atoms with van der Waals surface area (Å²) in [7, 11) is 0. The van der Waals surface area contributed by atoms with Gasteiger partial charge in [0.1, 0.15) is 5.69 Å². The molecule has 1 aromatic carbocycles. The van der Waals surface area contributed by atoms with Gasteiger partial charge in [-0.2, -0.15) is 0 Å². The minimum Gasteiger partial charge on any atom is -0.368 e. The molecular formula is C11H10F2N2O. The smallest absolute Gasteiger partial charge is 0.270 e. The first-order valence-corrected chi connectivity index (χ1v) is 4.68. The van der Waals surface area contributed by atoms with Gasteiger partial charge in [0.15, 0.2) is 0 Å². The molecule has 0 bridgehead atoms. The molecule has 2 rings (SSSR count). The zero-order valence-corrected chi connectivity index (χ0v) is 8.58. The number of rotatable bonds is 2. The fourth-order valence-electron chi connectivity index (χ4n) is 1.38. The highest BCUT2D eigenvalue weighted by atomic mass is 19.3. The van der Waals surface area contributed by atoms with Crippen molar-refractivity contribution in [1.82, 2.24) is 5.16 Å². The van der Waals surface area contributed by atoms with Gasteiger partial charge in [-0.25, -0.2) is 8.78 Å². The van der Waals surface area contributed by atoms with Crippen molar-refractivity contribution in [3.63, 3.8) is 0 Å². The summed E-state index contributed by atoms with van der Waals surface area (Å²) in [4.78, 5) is 0. The van der Waals surface area contributed by atoms with Gasteiger partial charge in [0.2, 0.25) is 5.88 Å². The maximum atomic E-state index is 13.1. The van der Waals surface area contributed by atoms with E-state index in [0.717, 1.165) is 6.92 Å². The van der Waals surface area contributed by atoms with Crippen molar-refractivity contribution in [2.45, 2.75) is 12.8 Å². The van der Waals surface area contributed by atoms with Crippen LogP contribution in [0.3, 0.4) is 0 Å². The predicted octanol–water partition coefficient (Wildman–Crippen LogP) is 3.04. The molecule has 84 valence electrons. The molecule has 0 aliphatic rings. The van der Waals surface area contributed by atoms with Crippen molar-refractivity contribution in [2.75, 3.05) is 5.73 Å². The lowest BCUT2D eigenvalue weighted by molar-refractivity contribution is 0.0175. The van der Waals surface area contributed by atoms with Gasteiger partial charge in [-0.1, -0.05) is 23.4 Å². The molecule has 3 nitrogen and oxygen atoms in total. The van der Waals surface area contributed by atoms with Gasteiger partial charge in [0.25, 0.3) is 5.92 Å². The van der Waals surface area contributed by atoms with E-state index in [2.05, 4.69) is 9.68 Å². The summed E-state index contributed by atoms with van der Waals surface area (Å²) in [5.41, 5.74) is 6.30. The molecule has 0 unspecified atom stereocenters. The number of nitrogens with two attached hydrogens (primary N) is 1. The van der Waals surface area contributed by atoms with Crippen LogP contribution in [-0.2, 0) is 5.92 Å². The Hall–Kier alpha value is -1.91. The largest absolute Gasteiger partial charge is 0.368 e. The van der Waals surface area contributed by atoms with Crippen molar-refractivity contribution >= 4 is 5.88 Å². The zero-order valence-electron chi connectivity index (χ0n) is 8.58. The van der Waals surface area contributed by atoms with Gasteiger partial charge in [-0.3, -0.25) is 0 Å². The van der Waals surface area contributed by atoms with E-state index in [0.29, 0.717) is 11.3 Å². The average Bonchev–Trinajstić information content (AvgIpc) is 2.64. The van der Waals surface area contributed by atoms with Crippen LogP contribution >= 0.6 is 0 Å². The topological polar surface area (TPSA) is 52.0 Å². The zero-order chi connectivity index (χ0) is 11.8. The quantitative estimate of drug-likeness (QED) is 0.852. The number of halogens is 2. The van der Waals surface area contributed by atoms with Crippen LogP contribution < -0.4 is 5.73 Å². The summed E-state index contributed by atoms with van der Waals surface area (Å²) in [6, 6.07) is 7.45. The molecule has 0 aliphatic heterocycles. The van der Waals surface area contributed by atoms with Gasteiger partial charge in [-0.05, 0) is 6.07 Å². The summed E-state index contributed by atoms with van der Waals surface area (Å²) in [6.07, 6.45) is 0. The number of anilines is 1. The molecule has 0 saturated heterocycles. The fraction of sp³-hybridized carbons (Fsp3) is 0.182. The highest BCUT2D eigenvalue weighted by molar-refractivity contribution is 5.62. The Morgan fingerprint density at radius 1 is 1.31 bits per heavy atom. The Morgan fingerprint density at radius 2 is 2.06 bits per heavy atom. The first-order chi connectivity index (χ1) is 7.47. The molecule has 16 heavy (non-hydrogen) atoms. The van der Waals surface area contributed by atoms with Gasteiger partial charge >= 0.3 is 0 Å². The Balaban J connectivity index is 2.44. The molecule has 0 fully saturated rings. The molecule has 5 heteroatoms. The van der Waals surface area contributed by atoms with E-state index in [9.17, 15) is 8.78 Å². The average molecular weight is 224 g/mol. The molecule has 0 aliphatic carbocycles. The van der Waals surface area contributed by atoms with Gasteiger partial charge < -0.3 is 10.3 Å². The molecule has 0 spiro atoms. The second-order valence-electron chi connectivity index (χ2n) is 3.58. The van der Waals surface area contributed by atoms with E-state index >= 15 is 0 Å². The Labute approximate surface area is 90.9 Å². The van der Waals surface area contributed by atoms with Crippen molar-refractivity contribution in [3.05, 3.63) is 35.9 Å². The standard InChI is InChI=1S/C11H10F2N2O/c1-11(12,13)8-4-2-3-7(5-8)9-6-10(14)16-15-9/h2-6H,14H2,1H3. The van der Waals surface area contributed by atoms with Crippen LogP contribution in [0.2, 0.25) is 0 Å². The summed E-state index contributed by atoms with van der Waals surface area (Å²) in [5, 5.41) is 3.66. The van der Waals surface area contributed by atoms with Crippen molar-refractivity contribution in [1.29, 1.82) is 0 Å². The maximum Gasteiger partial charge on any atom is 0.270 e. The first-order valence-electron chi connectivity index (χ1n) is 4.68. The molecular weight excluding hydrogens is 214 g/mol. The lowest BCUT2D eigenvalue weighted by Crippen LogP contribution is -2.06. The van der Waals surface area contributed by atoms with Crippen LogP contribution in [0.1, 0.15) is 12.5 Å². The number of nitrogens with zero attached hydrogens (tertiary/aromatic N) is 1. The second-order valence-corrected chi connectivity index (χ2v) is 3.58. The second kappa shape index (κ2) is 3.59. The third-order valence-corrected chi connectivity index (χ3v) is 2.19. The van der Waals surface area contributed by atoms with Crippen LogP contribution in [0.25, 0.3) is 11.3 Å². The third kappa shape index (κ3) is 2.03. The molecule has 0 atom stereocenters. The molecule has 1 aromatic heterocycles. The van der Waals surface area contributed by atoms with E-state index < -0.39 is 5.92 Å². The van der Waals surface area contributed by atoms with Gasteiger partial charge in [0, 0.05) is 24.1 Å². The minimum atomic E-state index is -2.87. The number of hydrogen-bond donors (Lipinski definition) is 1.